The summed E-state index contributed by atoms with van der Waals surface area (Å²) in [6, 6.07) is 7.86. The summed E-state index contributed by atoms with van der Waals surface area (Å²) in [6.07, 6.45) is 3.40. The van der Waals surface area contributed by atoms with E-state index in [-0.39, 0.29) is 17.8 Å². The van der Waals surface area contributed by atoms with Gasteiger partial charge in [-0.3, -0.25) is 4.79 Å². The molecule has 0 aliphatic heterocycles. The number of nitrogens with two attached hydrogens (primary N) is 1. The molecule has 0 saturated carbocycles. The summed E-state index contributed by atoms with van der Waals surface area (Å²) >= 11 is 0. The van der Waals surface area contributed by atoms with E-state index in [1.807, 2.05) is 4.57 Å². The van der Waals surface area contributed by atoms with Gasteiger partial charge in [-0.1, -0.05) is 6.07 Å². The first-order chi connectivity index (χ1) is 8.19. The van der Waals surface area contributed by atoms with E-state index in [2.05, 4.69) is 0 Å². The molecule has 1 aromatic heterocycles. The molecule has 2 aromatic rings. The Balaban J connectivity index is 2.24. The summed E-state index contributed by atoms with van der Waals surface area (Å²) in [6.45, 7) is 0.775. The van der Waals surface area contributed by atoms with E-state index in [9.17, 15) is 9.18 Å². The van der Waals surface area contributed by atoms with Crippen molar-refractivity contribution < 1.29 is 4.39 Å². The van der Waals surface area contributed by atoms with E-state index in [1.54, 1.807) is 24.5 Å². The lowest BCUT2D eigenvalue weighted by Gasteiger charge is -2.08. The third-order valence-electron chi connectivity index (χ3n) is 2.56. The Bertz CT molecular complexity index is 557. The van der Waals surface area contributed by atoms with Crippen molar-refractivity contribution in [2.24, 2.45) is 5.73 Å². The van der Waals surface area contributed by atoms with E-state index in [1.165, 1.54) is 18.2 Å². The Morgan fingerprint density at radius 3 is 2.53 bits per heavy atom. The zero-order valence-corrected chi connectivity index (χ0v) is 9.27. The highest BCUT2D eigenvalue weighted by molar-refractivity contribution is 5.25. The average molecular weight is 232 g/mol. The first-order valence-corrected chi connectivity index (χ1v) is 5.32. The van der Waals surface area contributed by atoms with Crippen LogP contribution in [0.2, 0.25) is 0 Å². The molecule has 88 valence electrons. The maximum Gasteiger partial charge on any atom is 0.181 e. The highest BCUT2D eigenvalue weighted by Crippen LogP contribution is 2.11. The van der Waals surface area contributed by atoms with E-state index in [0.29, 0.717) is 12.1 Å². The molecule has 2 N–H and O–H groups in total. The molecule has 1 heterocycles. The Morgan fingerprint density at radius 1 is 1.18 bits per heavy atom. The molecule has 0 aliphatic carbocycles. The van der Waals surface area contributed by atoms with Gasteiger partial charge < -0.3 is 10.3 Å². The fourth-order valence-electron chi connectivity index (χ4n) is 1.64. The third kappa shape index (κ3) is 2.79. The van der Waals surface area contributed by atoms with Gasteiger partial charge in [0.15, 0.2) is 5.43 Å². The molecule has 0 spiro atoms. The Hall–Kier alpha value is -1.94. The summed E-state index contributed by atoms with van der Waals surface area (Å²) in [5.74, 6) is -0.281. The molecule has 17 heavy (non-hydrogen) atoms. The van der Waals surface area contributed by atoms with E-state index < -0.39 is 0 Å². The molecule has 0 bridgehead atoms. The number of hydrogen-bond donors (Lipinski definition) is 1. The van der Waals surface area contributed by atoms with Gasteiger partial charge in [-0.15, -0.1) is 0 Å². The van der Waals surface area contributed by atoms with Gasteiger partial charge >= 0.3 is 0 Å². The van der Waals surface area contributed by atoms with Crippen LogP contribution in [0, 0.1) is 5.82 Å². The van der Waals surface area contributed by atoms with Crippen LogP contribution in [-0.4, -0.2) is 4.57 Å². The molecule has 0 unspecified atom stereocenters. The highest BCUT2D eigenvalue weighted by Gasteiger charge is 2.02. The maximum absolute atomic E-state index is 13.2. The van der Waals surface area contributed by atoms with Gasteiger partial charge in [0, 0.05) is 43.2 Å². The van der Waals surface area contributed by atoms with Crippen molar-refractivity contribution in [2.75, 3.05) is 0 Å². The first kappa shape index (κ1) is 11.5. The molecule has 1 aromatic carbocycles. The van der Waals surface area contributed by atoms with E-state index in [4.69, 9.17) is 5.73 Å². The smallest absolute Gasteiger partial charge is 0.181 e. The Labute approximate surface area is 98.3 Å². The van der Waals surface area contributed by atoms with Crippen LogP contribution in [0.4, 0.5) is 4.39 Å². The summed E-state index contributed by atoms with van der Waals surface area (Å²) in [7, 11) is 0. The fourth-order valence-corrected chi connectivity index (χ4v) is 1.64. The van der Waals surface area contributed by atoms with Crippen molar-refractivity contribution in [3.63, 3.8) is 0 Å². The molecule has 0 fully saturated rings. The molecule has 0 amide bonds. The number of aromatic nitrogens is 1. The van der Waals surface area contributed by atoms with Crippen LogP contribution in [0.25, 0.3) is 0 Å². The zero-order chi connectivity index (χ0) is 12.3. The van der Waals surface area contributed by atoms with Gasteiger partial charge in [0.05, 0.1) is 0 Å². The SMILES string of the molecule is NCc1cc(Cn2ccc(=O)cc2)ccc1F. The second kappa shape index (κ2) is 4.93. The zero-order valence-electron chi connectivity index (χ0n) is 9.27. The minimum Gasteiger partial charge on any atom is -0.350 e. The number of nitrogens with zero attached hydrogens (tertiary/aromatic N) is 1. The molecule has 0 saturated heterocycles. The predicted molar refractivity (Wildman–Crippen MR) is 64.1 cm³/mol. The van der Waals surface area contributed by atoms with Crippen LogP contribution in [0.1, 0.15) is 11.1 Å². The molecule has 4 heteroatoms. The maximum atomic E-state index is 13.2. The largest absolute Gasteiger partial charge is 0.350 e. The minimum atomic E-state index is -0.281. The molecular weight excluding hydrogens is 219 g/mol. The van der Waals surface area contributed by atoms with Crippen molar-refractivity contribution in [3.8, 4) is 0 Å². The van der Waals surface area contributed by atoms with E-state index >= 15 is 0 Å². The monoisotopic (exact) mass is 232 g/mol. The predicted octanol–water partition coefficient (Wildman–Crippen LogP) is 1.49. The van der Waals surface area contributed by atoms with Gasteiger partial charge in [0.1, 0.15) is 5.82 Å². The molecular formula is C13H13FN2O. The summed E-state index contributed by atoms with van der Waals surface area (Å²) in [4.78, 5) is 10.9. The normalized spacial score (nSPS) is 10.5. The van der Waals surface area contributed by atoms with Crippen LogP contribution in [0.5, 0.6) is 0 Å². The second-order valence-electron chi connectivity index (χ2n) is 3.84. The first-order valence-electron chi connectivity index (χ1n) is 5.32. The number of rotatable bonds is 3. The number of benzene rings is 1. The molecule has 0 atom stereocenters. The van der Waals surface area contributed by atoms with Crippen molar-refractivity contribution >= 4 is 0 Å². The summed E-state index contributed by atoms with van der Waals surface area (Å²) < 4.78 is 15.1. The molecule has 0 radical (unpaired) electrons. The molecule has 0 aliphatic rings. The van der Waals surface area contributed by atoms with Crippen LogP contribution < -0.4 is 11.2 Å². The van der Waals surface area contributed by atoms with Crippen LogP contribution in [0.3, 0.4) is 0 Å². The average Bonchev–Trinajstić information content (AvgIpc) is 2.34. The number of hydrogen-bond acceptors (Lipinski definition) is 2. The lowest BCUT2D eigenvalue weighted by Crippen LogP contribution is -2.06. The topological polar surface area (TPSA) is 48.0 Å². The van der Waals surface area contributed by atoms with Crippen LogP contribution in [-0.2, 0) is 13.1 Å². The van der Waals surface area contributed by atoms with Crippen LogP contribution in [0.15, 0.2) is 47.5 Å². The lowest BCUT2D eigenvalue weighted by atomic mass is 10.1. The molecule has 3 nitrogen and oxygen atoms in total. The minimum absolute atomic E-state index is 0.0250. The Morgan fingerprint density at radius 2 is 1.88 bits per heavy atom. The molecule has 2 rings (SSSR count). The van der Waals surface area contributed by atoms with Crippen molar-refractivity contribution in [3.05, 3.63) is 69.9 Å². The number of pyridine rings is 1. The summed E-state index contributed by atoms with van der Waals surface area (Å²) in [5.41, 5.74) is 6.88. The van der Waals surface area contributed by atoms with Gasteiger partial charge in [0.2, 0.25) is 0 Å². The van der Waals surface area contributed by atoms with Gasteiger partial charge in [-0.05, 0) is 17.7 Å². The van der Waals surface area contributed by atoms with E-state index in [0.717, 1.165) is 5.56 Å². The lowest BCUT2D eigenvalue weighted by molar-refractivity contribution is 0.608. The van der Waals surface area contributed by atoms with Gasteiger partial charge in [-0.25, -0.2) is 4.39 Å². The van der Waals surface area contributed by atoms with Crippen molar-refractivity contribution in [1.82, 2.24) is 4.57 Å². The summed E-state index contributed by atoms with van der Waals surface area (Å²) in [5, 5.41) is 0. The number of halogens is 1. The van der Waals surface area contributed by atoms with Crippen molar-refractivity contribution in [1.29, 1.82) is 0 Å². The second-order valence-corrected chi connectivity index (χ2v) is 3.84. The van der Waals surface area contributed by atoms with Gasteiger partial charge in [-0.2, -0.15) is 0 Å². The standard InChI is InChI=1S/C13H13FN2O/c14-13-2-1-10(7-11(13)8-15)9-16-5-3-12(17)4-6-16/h1-7H,8-9,15H2. The highest BCUT2D eigenvalue weighted by atomic mass is 19.1. The fraction of sp³-hybridized carbons (Fsp3) is 0.154. The van der Waals surface area contributed by atoms with Gasteiger partial charge in [0.25, 0.3) is 0 Å². The Kier molecular flexibility index (Phi) is 3.35. The third-order valence-corrected chi connectivity index (χ3v) is 2.56. The quantitative estimate of drug-likeness (QED) is 0.871. The van der Waals surface area contributed by atoms with Crippen molar-refractivity contribution in [2.45, 2.75) is 13.1 Å². The van der Waals surface area contributed by atoms with Crippen LogP contribution >= 0.6 is 0 Å².